The first-order valence-electron chi connectivity index (χ1n) is 8.69. The number of carbonyl (C=O) groups excluding carboxylic acids is 1. The number of nitrogens with zero attached hydrogens (tertiary/aromatic N) is 1. The van der Waals surface area contributed by atoms with E-state index in [1.54, 1.807) is 6.26 Å². The number of hydrogen-bond acceptors (Lipinski definition) is 5. The van der Waals surface area contributed by atoms with E-state index < -0.39 is 10.0 Å². The van der Waals surface area contributed by atoms with Crippen molar-refractivity contribution in [1.82, 2.24) is 14.6 Å². The summed E-state index contributed by atoms with van der Waals surface area (Å²) in [7, 11) is -3.62. The molecular weight excluding hydrogens is 358 g/mol. The molecule has 0 bridgehead atoms. The number of aromatic nitrogens is 1. The number of ether oxygens (including phenoxy) is 1. The summed E-state index contributed by atoms with van der Waals surface area (Å²) in [4.78, 5) is 15.4. The highest BCUT2D eigenvalue weighted by atomic mass is 32.2. The summed E-state index contributed by atoms with van der Waals surface area (Å²) in [5.41, 5.74) is 1.23. The van der Waals surface area contributed by atoms with Gasteiger partial charge in [-0.3, -0.25) is 4.79 Å². The van der Waals surface area contributed by atoms with E-state index in [9.17, 15) is 13.2 Å². The minimum absolute atomic E-state index is 0.0946. The van der Waals surface area contributed by atoms with E-state index in [0.29, 0.717) is 26.3 Å². The lowest BCUT2D eigenvalue weighted by Crippen LogP contribution is -2.40. The third kappa shape index (κ3) is 3.17. The van der Waals surface area contributed by atoms with Crippen LogP contribution in [-0.2, 0) is 21.2 Å². The van der Waals surface area contributed by atoms with Gasteiger partial charge in [0.05, 0.1) is 25.5 Å². The smallest absolute Gasteiger partial charge is 0.268 e. The lowest BCUT2D eigenvalue weighted by Gasteiger charge is -2.25. The molecule has 8 nitrogen and oxygen atoms in total. The Balaban J connectivity index is 1.49. The summed E-state index contributed by atoms with van der Waals surface area (Å²) in [5, 5.41) is 2.96. The second-order valence-corrected chi connectivity index (χ2v) is 8.42. The minimum Gasteiger partial charge on any atom is -0.469 e. The van der Waals surface area contributed by atoms with Crippen molar-refractivity contribution in [2.24, 2.45) is 0 Å². The second kappa shape index (κ2) is 6.90. The fourth-order valence-corrected chi connectivity index (χ4v) is 4.87. The van der Waals surface area contributed by atoms with Crippen LogP contribution in [0.2, 0.25) is 0 Å². The van der Waals surface area contributed by atoms with Crippen LogP contribution in [0, 0.1) is 0 Å². The van der Waals surface area contributed by atoms with Crippen LogP contribution in [0.1, 0.15) is 40.7 Å². The van der Waals surface area contributed by atoms with Crippen molar-refractivity contribution in [2.45, 2.75) is 30.2 Å². The molecule has 2 aliphatic rings. The molecule has 1 aliphatic heterocycles. The summed E-state index contributed by atoms with van der Waals surface area (Å²) in [6.45, 7) is 1.40. The number of morpholine rings is 1. The standard InChI is InChI=1S/C17H21N3O5S/c21-17(19-14-2-1-3-16-13(14)4-7-25-16)15-10-12(11-18-15)26(22,23)20-5-8-24-9-6-20/h4,7,10-11,14,18H,1-3,5-6,8-9H2,(H,19,21). The first-order valence-corrected chi connectivity index (χ1v) is 10.1. The van der Waals surface area contributed by atoms with Crippen LogP contribution in [0.3, 0.4) is 0 Å². The molecule has 3 heterocycles. The number of aryl methyl sites for hydroxylation is 1. The summed E-state index contributed by atoms with van der Waals surface area (Å²) < 4.78 is 37.3. The van der Waals surface area contributed by atoms with Crippen LogP contribution < -0.4 is 5.32 Å². The molecule has 0 aromatic carbocycles. The number of aromatic amines is 1. The summed E-state index contributed by atoms with van der Waals surface area (Å²) >= 11 is 0. The van der Waals surface area contributed by atoms with E-state index >= 15 is 0 Å². The summed E-state index contributed by atoms with van der Waals surface area (Å²) in [6.07, 6.45) is 5.64. The fourth-order valence-electron chi connectivity index (χ4n) is 3.46. The van der Waals surface area contributed by atoms with Crippen molar-refractivity contribution < 1.29 is 22.4 Å². The normalized spacial score (nSPS) is 21.3. The fraction of sp³-hybridized carbons (Fsp3) is 0.471. The van der Waals surface area contributed by atoms with E-state index in [-0.39, 0.29) is 22.5 Å². The Hall–Kier alpha value is -2.10. The van der Waals surface area contributed by atoms with Gasteiger partial charge >= 0.3 is 0 Å². The van der Waals surface area contributed by atoms with E-state index in [0.717, 1.165) is 30.6 Å². The summed E-state index contributed by atoms with van der Waals surface area (Å²) in [6, 6.07) is 3.15. The second-order valence-electron chi connectivity index (χ2n) is 6.48. The molecule has 9 heteroatoms. The molecule has 1 fully saturated rings. The van der Waals surface area contributed by atoms with Gasteiger partial charge in [0.25, 0.3) is 5.91 Å². The molecule has 2 aromatic heterocycles. The monoisotopic (exact) mass is 379 g/mol. The number of furan rings is 1. The first kappa shape index (κ1) is 17.3. The van der Waals surface area contributed by atoms with Gasteiger partial charge in [0, 0.05) is 31.3 Å². The average molecular weight is 379 g/mol. The number of sulfonamides is 1. The molecule has 26 heavy (non-hydrogen) atoms. The minimum atomic E-state index is -3.62. The molecule has 140 valence electrons. The number of fused-ring (bicyclic) bond motifs is 1. The first-order chi connectivity index (χ1) is 12.6. The Morgan fingerprint density at radius 2 is 2.12 bits per heavy atom. The van der Waals surface area contributed by atoms with Gasteiger partial charge in [0.15, 0.2) is 0 Å². The number of nitrogens with one attached hydrogen (secondary N) is 2. The molecule has 4 rings (SSSR count). The van der Waals surface area contributed by atoms with Crippen molar-refractivity contribution in [3.63, 3.8) is 0 Å². The number of H-pyrrole nitrogens is 1. The van der Waals surface area contributed by atoms with Gasteiger partial charge in [-0.15, -0.1) is 0 Å². The lowest BCUT2D eigenvalue weighted by molar-refractivity contribution is 0.0730. The molecule has 1 atom stereocenters. The van der Waals surface area contributed by atoms with Gasteiger partial charge in [-0.2, -0.15) is 4.31 Å². The molecular formula is C17H21N3O5S. The van der Waals surface area contributed by atoms with Crippen molar-refractivity contribution in [3.8, 4) is 0 Å². The van der Waals surface area contributed by atoms with E-state index in [2.05, 4.69) is 10.3 Å². The van der Waals surface area contributed by atoms with Gasteiger partial charge in [-0.25, -0.2) is 8.42 Å². The number of amides is 1. The van der Waals surface area contributed by atoms with Gasteiger partial charge in [-0.05, 0) is 25.0 Å². The highest BCUT2D eigenvalue weighted by Gasteiger charge is 2.29. The highest BCUT2D eigenvalue weighted by Crippen LogP contribution is 2.30. The Bertz CT molecular complexity index is 895. The highest BCUT2D eigenvalue weighted by molar-refractivity contribution is 7.89. The topological polar surface area (TPSA) is 105 Å². The maximum Gasteiger partial charge on any atom is 0.268 e. The maximum atomic E-state index is 12.6. The molecule has 1 aliphatic carbocycles. The van der Waals surface area contributed by atoms with Crippen LogP contribution in [0.25, 0.3) is 0 Å². The van der Waals surface area contributed by atoms with Crippen LogP contribution >= 0.6 is 0 Å². The van der Waals surface area contributed by atoms with Gasteiger partial charge < -0.3 is 19.5 Å². The molecule has 2 aromatic rings. The molecule has 0 radical (unpaired) electrons. The number of hydrogen-bond donors (Lipinski definition) is 2. The van der Waals surface area contributed by atoms with E-state index in [4.69, 9.17) is 9.15 Å². The molecule has 1 unspecified atom stereocenters. The Kier molecular flexibility index (Phi) is 4.60. The Morgan fingerprint density at radius 3 is 2.92 bits per heavy atom. The van der Waals surface area contributed by atoms with Crippen LogP contribution in [0.15, 0.2) is 33.9 Å². The molecule has 2 N–H and O–H groups in total. The summed E-state index contributed by atoms with van der Waals surface area (Å²) in [5.74, 6) is 0.580. The van der Waals surface area contributed by atoms with Crippen molar-refractivity contribution >= 4 is 15.9 Å². The SMILES string of the molecule is O=C(NC1CCCc2occc21)c1cc(S(=O)(=O)N2CCOCC2)c[nH]1. The third-order valence-corrected chi connectivity index (χ3v) is 6.74. The van der Waals surface area contributed by atoms with Gasteiger partial charge in [-0.1, -0.05) is 0 Å². The molecule has 1 saturated heterocycles. The molecule has 0 saturated carbocycles. The van der Waals surface area contributed by atoms with Crippen LogP contribution in [0.5, 0.6) is 0 Å². The van der Waals surface area contributed by atoms with E-state index in [1.165, 1.54) is 16.6 Å². The third-order valence-electron chi connectivity index (χ3n) is 4.87. The van der Waals surface area contributed by atoms with Crippen LogP contribution in [0.4, 0.5) is 0 Å². The maximum absolute atomic E-state index is 12.6. The molecule has 0 spiro atoms. The Labute approximate surface area is 151 Å². The lowest BCUT2D eigenvalue weighted by atomic mass is 9.93. The van der Waals surface area contributed by atoms with Gasteiger partial charge in [0.2, 0.25) is 10.0 Å². The zero-order valence-corrected chi connectivity index (χ0v) is 15.0. The number of rotatable bonds is 4. The predicted octanol–water partition coefficient (Wildman–Crippen LogP) is 1.44. The molecule has 1 amide bonds. The van der Waals surface area contributed by atoms with Crippen molar-refractivity contribution in [1.29, 1.82) is 0 Å². The number of carbonyl (C=O) groups is 1. The quantitative estimate of drug-likeness (QED) is 0.836. The predicted molar refractivity (Wildman–Crippen MR) is 92.2 cm³/mol. The van der Waals surface area contributed by atoms with Crippen molar-refractivity contribution in [3.05, 3.63) is 41.6 Å². The largest absolute Gasteiger partial charge is 0.469 e. The Morgan fingerprint density at radius 1 is 1.31 bits per heavy atom. The zero-order valence-electron chi connectivity index (χ0n) is 14.2. The van der Waals surface area contributed by atoms with Gasteiger partial charge in [0.1, 0.15) is 16.3 Å². The van der Waals surface area contributed by atoms with E-state index in [1.807, 2.05) is 6.07 Å². The van der Waals surface area contributed by atoms with Crippen LogP contribution in [-0.4, -0.2) is 49.9 Å². The average Bonchev–Trinajstić information content (AvgIpc) is 3.33. The zero-order chi connectivity index (χ0) is 18.1. The van der Waals surface area contributed by atoms with Crippen molar-refractivity contribution in [2.75, 3.05) is 26.3 Å².